The van der Waals surface area contributed by atoms with Crippen molar-refractivity contribution in [1.29, 1.82) is 0 Å². The first-order valence-corrected chi connectivity index (χ1v) is 5.17. The average Bonchev–Trinajstić information content (AvgIpc) is 2.20. The second-order valence-electron chi connectivity index (χ2n) is 3.30. The van der Waals surface area contributed by atoms with E-state index in [0.717, 1.165) is 12.0 Å². The molecule has 0 aliphatic heterocycles. The molecule has 1 rings (SSSR count). The highest BCUT2D eigenvalue weighted by Crippen LogP contribution is 2.20. The molecule has 0 radical (unpaired) electrons. The fourth-order valence-corrected chi connectivity index (χ4v) is 1.60. The van der Waals surface area contributed by atoms with Crippen LogP contribution in [0.3, 0.4) is 0 Å². The highest BCUT2D eigenvalue weighted by atomic mass is 35.5. The summed E-state index contributed by atoms with van der Waals surface area (Å²) in [4.78, 5) is 0. The zero-order chi connectivity index (χ0) is 10.6. The molecule has 3 heteroatoms. The second-order valence-corrected chi connectivity index (χ2v) is 3.74. The standard InChI is InChI=1S/C11H16ClNO/c1-3-10(13-2)11(14)8-4-6-9(12)7-5-8/h4-7,10-11,13-14H,3H2,1-2H3. The van der Waals surface area contributed by atoms with Crippen LogP contribution in [0, 0.1) is 0 Å². The first-order chi connectivity index (χ1) is 6.69. The molecule has 2 nitrogen and oxygen atoms in total. The third kappa shape index (κ3) is 2.71. The van der Waals surface area contributed by atoms with Crippen LogP contribution in [-0.2, 0) is 0 Å². The van der Waals surface area contributed by atoms with Crippen molar-refractivity contribution < 1.29 is 5.11 Å². The molecule has 78 valence electrons. The minimum Gasteiger partial charge on any atom is -0.387 e. The largest absolute Gasteiger partial charge is 0.387 e. The van der Waals surface area contributed by atoms with E-state index in [1.165, 1.54) is 0 Å². The van der Waals surface area contributed by atoms with Crippen LogP contribution in [0.15, 0.2) is 24.3 Å². The fraction of sp³-hybridized carbons (Fsp3) is 0.455. The summed E-state index contributed by atoms with van der Waals surface area (Å²) < 4.78 is 0. The van der Waals surface area contributed by atoms with Crippen LogP contribution in [0.25, 0.3) is 0 Å². The van der Waals surface area contributed by atoms with Gasteiger partial charge in [0, 0.05) is 11.1 Å². The van der Waals surface area contributed by atoms with E-state index in [1.807, 2.05) is 26.1 Å². The molecule has 14 heavy (non-hydrogen) atoms. The van der Waals surface area contributed by atoms with Gasteiger partial charge in [0.2, 0.25) is 0 Å². The van der Waals surface area contributed by atoms with Gasteiger partial charge in [0.15, 0.2) is 0 Å². The Morgan fingerprint density at radius 3 is 2.36 bits per heavy atom. The van der Waals surface area contributed by atoms with Gasteiger partial charge in [-0.1, -0.05) is 30.7 Å². The zero-order valence-corrected chi connectivity index (χ0v) is 9.25. The number of aliphatic hydroxyl groups is 1. The molecule has 0 amide bonds. The molecule has 0 bridgehead atoms. The topological polar surface area (TPSA) is 32.3 Å². The van der Waals surface area contributed by atoms with Gasteiger partial charge in [-0.05, 0) is 31.2 Å². The molecule has 0 aromatic heterocycles. The summed E-state index contributed by atoms with van der Waals surface area (Å²) in [6, 6.07) is 7.39. The van der Waals surface area contributed by atoms with Crippen LogP contribution in [-0.4, -0.2) is 18.2 Å². The number of likely N-dealkylation sites (N-methyl/N-ethyl adjacent to an activating group) is 1. The summed E-state index contributed by atoms with van der Waals surface area (Å²) in [5.41, 5.74) is 0.899. The lowest BCUT2D eigenvalue weighted by Crippen LogP contribution is -2.31. The predicted octanol–water partition coefficient (Wildman–Crippen LogP) is 2.37. The first-order valence-electron chi connectivity index (χ1n) is 4.79. The van der Waals surface area contributed by atoms with Crippen LogP contribution < -0.4 is 5.32 Å². The zero-order valence-electron chi connectivity index (χ0n) is 8.50. The van der Waals surface area contributed by atoms with Crippen molar-refractivity contribution >= 4 is 11.6 Å². The lowest BCUT2D eigenvalue weighted by atomic mass is 10.0. The fourth-order valence-electron chi connectivity index (χ4n) is 1.48. The summed E-state index contributed by atoms with van der Waals surface area (Å²) in [6.45, 7) is 2.04. The Hall–Kier alpha value is -0.570. The number of hydrogen-bond donors (Lipinski definition) is 2. The van der Waals surface area contributed by atoms with Crippen molar-refractivity contribution in [2.45, 2.75) is 25.5 Å². The highest BCUT2D eigenvalue weighted by molar-refractivity contribution is 6.30. The third-order valence-electron chi connectivity index (χ3n) is 2.40. The maximum absolute atomic E-state index is 9.97. The summed E-state index contributed by atoms with van der Waals surface area (Å²) in [6.07, 6.45) is 0.419. The van der Waals surface area contributed by atoms with Crippen LogP contribution in [0.4, 0.5) is 0 Å². The van der Waals surface area contributed by atoms with E-state index >= 15 is 0 Å². The number of rotatable bonds is 4. The van der Waals surface area contributed by atoms with E-state index in [4.69, 9.17) is 11.6 Å². The minimum atomic E-state index is -0.470. The molecular formula is C11H16ClNO. The van der Waals surface area contributed by atoms with Crippen molar-refractivity contribution in [3.8, 4) is 0 Å². The van der Waals surface area contributed by atoms with E-state index < -0.39 is 6.10 Å². The monoisotopic (exact) mass is 213 g/mol. The minimum absolute atomic E-state index is 0.0937. The third-order valence-corrected chi connectivity index (χ3v) is 2.66. The summed E-state index contributed by atoms with van der Waals surface area (Å²) >= 11 is 5.77. The number of hydrogen-bond acceptors (Lipinski definition) is 2. The van der Waals surface area contributed by atoms with E-state index in [0.29, 0.717) is 5.02 Å². The molecule has 0 heterocycles. The van der Waals surface area contributed by atoms with Gasteiger partial charge in [-0.25, -0.2) is 0 Å². The van der Waals surface area contributed by atoms with Crippen molar-refractivity contribution in [3.63, 3.8) is 0 Å². The smallest absolute Gasteiger partial charge is 0.0942 e. The van der Waals surface area contributed by atoms with Crippen molar-refractivity contribution in [2.24, 2.45) is 0 Å². The maximum Gasteiger partial charge on any atom is 0.0942 e. The van der Waals surface area contributed by atoms with Crippen LogP contribution in [0.1, 0.15) is 25.0 Å². The summed E-state index contributed by atoms with van der Waals surface area (Å²) in [5, 5.41) is 13.7. The SMILES string of the molecule is CCC(NC)C(O)c1ccc(Cl)cc1. The Labute approximate surface area is 89.9 Å². The van der Waals surface area contributed by atoms with E-state index in [2.05, 4.69) is 5.32 Å². The van der Waals surface area contributed by atoms with Gasteiger partial charge in [0.1, 0.15) is 0 Å². The molecule has 1 aromatic carbocycles. The quantitative estimate of drug-likeness (QED) is 0.805. The van der Waals surface area contributed by atoms with Gasteiger partial charge < -0.3 is 10.4 Å². The van der Waals surface area contributed by atoms with Gasteiger partial charge in [-0.15, -0.1) is 0 Å². The molecule has 0 saturated heterocycles. The van der Waals surface area contributed by atoms with Gasteiger partial charge >= 0.3 is 0 Å². The predicted molar refractivity (Wildman–Crippen MR) is 59.6 cm³/mol. The second kappa shape index (κ2) is 5.35. The molecule has 0 saturated carbocycles. The van der Waals surface area contributed by atoms with Gasteiger partial charge in [0.05, 0.1) is 6.10 Å². The Kier molecular flexibility index (Phi) is 4.39. The van der Waals surface area contributed by atoms with Gasteiger partial charge in [-0.2, -0.15) is 0 Å². The van der Waals surface area contributed by atoms with Crippen molar-refractivity contribution in [3.05, 3.63) is 34.9 Å². The average molecular weight is 214 g/mol. The molecule has 0 aliphatic carbocycles. The molecule has 2 unspecified atom stereocenters. The summed E-state index contributed by atoms with van der Waals surface area (Å²) in [7, 11) is 1.85. The number of aliphatic hydroxyl groups excluding tert-OH is 1. The van der Waals surface area contributed by atoms with E-state index in [1.54, 1.807) is 12.1 Å². The van der Waals surface area contributed by atoms with Gasteiger partial charge in [-0.3, -0.25) is 0 Å². The molecule has 1 aromatic rings. The number of benzene rings is 1. The lowest BCUT2D eigenvalue weighted by molar-refractivity contribution is 0.130. The highest BCUT2D eigenvalue weighted by Gasteiger charge is 2.16. The van der Waals surface area contributed by atoms with E-state index in [9.17, 15) is 5.11 Å². The molecule has 0 aliphatic rings. The maximum atomic E-state index is 9.97. The molecule has 2 atom stereocenters. The van der Waals surface area contributed by atoms with Crippen LogP contribution >= 0.6 is 11.6 Å². The molecular weight excluding hydrogens is 198 g/mol. The Balaban J connectivity index is 2.77. The van der Waals surface area contributed by atoms with Gasteiger partial charge in [0.25, 0.3) is 0 Å². The lowest BCUT2D eigenvalue weighted by Gasteiger charge is -2.21. The number of halogens is 1. The van der Waals surface area contributed by atoms with Crippen molar-refractivity contribution in [2.75, 3.05) is 7.05 Å². The summed E-state index contributed by atoms with van der Waals surface area (Å²) in [5.74, 6) is 0. The van der Waals surface area contributed by atoms with Crippen LogP contribution in [0.5, 0.6) is 0 Å². The Bertz CT molecular complexity index is 269. The number of nitrogens with one attached hydrogen (secondary N) is 1. The molecule has 0 fully saturated rings. The Morgan fingerprint density at radius 1 is 1.36 bits per heavy atom. The van der Waals surface area contributed by atoms with Crippen molar-refractivity contribution in [1.82, 2.24) is 5.32 Å². The Morgan fingerprint density at radius 2 is 1.93 bits per heavy atom. The molecule has 2 N–H and O–H groups in total. The molecule has 0 spiro atoms. The normalized spacial score (nSPS) is 15.1. The van der Waals surface area contributed by atoms with Crippen LogP contribution in [0.2, 0.25) is 5.02 Å². The van der Waals surface area contributed by atoms with E-state index in [-0.39, 0.29) is 6.04 Å². The first kappa shape index (κ1) is 11.5.